The second-order valence-electron chi connectivity index (χ2n) is 4.73. The molecule has 1 aromatic rings. The van der Waals surface area contributed by atoms with E-state index < -0.39 is 5.79 Å². The predicted molar refractivity (Wildman–Crippen MR) is 65.7 cm³/mol. The van der Waals surface area contributed by atoms with E-state index in [1.165, 1.54) is 0 Å². The molecule has 1 aliphatic rings. The fourth-order valence-corrected chi connectivity index (χ4v) is 1.89. The van der Waals surface area contributed by atoms with Crippen LogP contribution < -0.4 is 5.32 Å². The highest BCUT2D eigenvalue weighted by Gasteiger charge is 2.31. The first kappa shape index (κ1) is 12.5. The Labute approximate surface area is 102 Å². The van der Waals surface area contributed by atoms with Gasteiger partial charge in [0, 0.05) is 31.4 Å². The van der Waals surface area contributed by atoms with E-state index in [-0.39, 0.29) is 6.10 Å². The summed E-state index contributed by atoms with van der Waals surface area (Å²) in [4.78, 5) is 4.28. The largest absolute Gasteiger partial charge is 0.348 e. The quantitative estimate of drug-likeness (QED) is 0.784. The fourth-order valence-electron chi connectivity index (χ4n) is 1.89. The van der Waals surface area contributed by atoms with Gasteiger partial charge in [0.15, 0.2) is 5.79 Å². The molecule has 0 bridgehead atoms. The Hall–Kier alpha value is -0.970. The van der Waals surface area contributed by atoms with E-state index in [1.54, 1.807) is 0 Å². The first-order chi connectivity index (χ1) is 8.16. The van der Waals surface area contributed by atoms with Gasteiger partial charge in [0.2, 0.25) is 0 Å². The molecule has 4 heteroatoms. The van der Waals surface area contributed by atoms with Crippen molar-refractivity contribution < 1.29 is 9.47 Å². The Kier molecular flexibility index (Phi) is 4.10. The zero-order valence-electron chi connectivity index (χ0n) is 10.5. The summed E-state index contributed by atoms with van der Waals surface area (Å²) in [6.07, 6.45) is 2.93. The van der Waals surface area contributed by atoms with Gasteiger partial charge in [0.25, 0.3) is 0 Å². The molecular formula is C13H20N2O2. The fraction of sp³-hybridized carbons (Fsp3) is 0.615. The van der Waals surface area contributed by atoms with Crippen LogP contribution in [-0.4, -0.2) is 36.6 Å². The van der Waals surface area contributed by atoms with Crippen LogP contribution in [0.5, 0.6) is 0 Å². The molecule has 94 valence electrons. The minimum absolute atomic E-state index is 0.161. The molecule has 0 aromatic carbocycles. The molecule has 1 aliphatic heterocycles. The van der Waals surface area contributed by atoms with Crippen LogP contribution in [0.4, 0.5) is 0 Å². The Morgan fingerprint density at radius 2 is 2.35 bits per heavy atom. The third kappa shape index (κ3) is 4.07. The minimum Gasteiger partial charge on any atom is -0.348 e. The summed E-state index contributed by atoms with van der Waals surface area (Å²) in [6, 6.07) is 5.99. The Balaban J connectivity index is 1.61. The van der Waals surface area contributed by atoms with E-state index in [9.17, 15) is 0 Å². The van der Waals surface area contributed by atoms with Crippen LogP contribution in [0.15, 0.2) is 24.4 Å². The molecule has 1 atom stereocenters. The number of rotatable bonds is 5. The standard InChI is InChI=1S/C13H20N2O2/c1-13(2)16-10-12(17-13)9-14-8-6-11-5-3-4-7-15-11/h3-5,7,12,14H,6,8-10H2,1-2H3/t12-/m0/s1. The average Bonchev–Trinajstić information content (AvgIpc) is 2.66. The number of hydrogen-bond donors (Lipinski definition) is 1. The summed E-state index contributed by atoms with van der Waals surface area (Å²) in [5.41, 5.74) is 1.11. The van der Waals surface area contributed by atoms with Crippen molar-refractivity contribution in [2.45, 2.75) is 32.2 Å². The van der Waals surface area contributed by atoms with Crippen molar-refractivity contribution in [3.8, 4) is 0 Å². The maximum atomic E-state index is 5.70. The van der Waals surface area contributed by atoms with Crippen LogP contribution in [0.25, 0.3) is 0 Å². The van der Waals surface area contributed by atoms with Crippen LogP contribution in [0.2, 0.25) is 0 Å². The van der Waals surface area contributed by atoms with Gasteiger partial charge in [-0.05, 0) is 26.0 Å². The molecule has 17 heavy (non-hydrogen) atoms. The smallest absolute Gasteiger partial charge is 0.163 e. The molecule has 2 rings (SSSR count). The second kappa shape index (κ2) is 5.58. The lowest BCUT2D eigenvalue weighted by Gasteiger charge is -2.17. The van der Waals surface area contributed by atoms with Crippen LogP contribution in [0, 0.1) is 0 Å². The van der Waals surface area contributed by atoms with Crippen LogP contribution in [0.3, 0.4) is 0 Å². The Morgan fingerprint density at radius 1 is 1.47 bits per heavy atom. The van der Waals surface area contributed by atoms with Gasteiger partial charge in [-0.25, -0.2) is 0 Å². The monoisotopic (exact) mass is 236 g/mol. The van der Waals surface area contributed by atoms with E-state index in [1.807, 2.05) is 38.2 Å². The summed E-state index contributed by atoms with van der Waals surface area (Å²) < 4.78 is 11.2. The van der Waals surface area contributed by atoms with Crippen molar-refractivity contribution in [3.05, 3.63) is 30.1 Å². The number of nitrogens with one attached hydrogen (secondary N) is 1. The molecule has 0 unspecified atom stereocenters. The van der Waals surface area contributed by atoms with Gasteiger partial charge in [0.1, 0.15) is 0 Å². The molecule has 1 aromatic heterocycles. The highest BCUT2D eigenvalue weighted by Crippen LogP contribution is 2.21. The van der Waals surface area contributed by atoms with Gasteiger partial charge in [-0.3, -0.25) is 4.98 Å². The Morgan fingerprint density at radius 3 is 3.00 bits per heavy atom. The number of pyridine rings is 1. The van der Waals surface area contributed by atoms with E-state index in [0.29, 0.717) is 6.61 Å². The zero-order chi connectivity index (χ0) is 12.1. The molecule has 1 saturated heterocycles. The highest BCUT2D eigenvalue weighted by molar-refractivity contribution is 5.03. The first-order valence-electron chi connectivity index (χ1n) is 6.08. The maximum Gasteiger partial charge on any atom is 0.163 e. The molecule has 0 radical (unpaired) electrons. The van der Waals surface area contributed by atoms with Gasteiger partial charge >= 0.3 is 0 Å². The predicted octanol–water partition coefficient (Wildman–Crippen LogP) is 1.37. The lowest BCUT2D eigenvalue weighted by atomic mass is 10.2. The SMILES string of the molecule is CC1(C)OC[C@H](CNCCc2ccccn2)O1. The Bertz CT molecular complexity index is 341. The van der Waals surface area contributed by atoms with Gasteiger partial charge < -0.3 is 14.8 Å². The second-order valence-corrected chi connectivity index (χ2v) is 4.73. The molecule has 4 nitrogen and oxygen atoms in total. The zero-order valence-corrected chi connectivity index (χ0v) is 10.5. The molecule has 1 N–H and O–H groups in total. The lowest BCUT2D eigenvalue weighted by Crippen LogP contribution is -2.31. The van der Waals surface area contributed by atoms with Gasteiger partial charge in [-0.1, -0.05) is 6.07 Å². The van der Waals surface area contributed by atoms with Crippen molar-refractivity contribution >= 4 is 0 Å². The summed E-state index contributed by atoms with van der Waals surface area (Å²) in [5, 5.41) is 3.37. The molecule has 0 amide bonds. The molecule has 0 saturated carbocycles. The third-order valence-corrected chi connectivity index (χ3v) is 2.72. The molecular weight excluding hydrogens is 216 g/mol. The number of ether oxygens (including phenoxy) is 2. The van der Waals surface area contributed by atoms with E-state index in [0.717, 1.165) is 25.2 Å². The first-order valence-corrected chi connectivity index (χ1v) is 6.08. The molecule has 2 heterocycles. The maximum absolute atomic E-state index is 5.70. The van der Waals surface area contributed by atoms with E-state index in [4.69, 9.17) is 9.47 Å². The molecule has 0 spiro atoms. The summed E-state index contributed by atoms with van der Waals surface area (Å²) in [7, 11) is 0. The summed E-state index contributed by atoms with van der Waals surface area (Å²) >= 11 is 0. The van der Waals surface area contributed by atoms with Crippen molar-refractivity contribution in [3.63, 3.8) is 0 Å². The normalized spacial score (nSPS) is 22.8. The van der Waals surface area contributed by atoms with E-state index in [2.05, 4.69) is 10.3 Å². The third-order valence-electron chi connectivity index (χ3n) is 2.72. The number of nitrogens with zero attached hydrogens (tertiary/aromatic N) is 1. The van der Waals surface area contributed by atoms with E-state index >= 15 is 0 Å². The van der Waals surface area contributed by atoms with Crippen molar-refractivity contribution in [1.82, 2.24) is 10.3 Å². The van der Waals surface area contributed by atoms with Gasteiger partial charge in [-0.2, -0.15) is 0 Å². The molecule has 0 aliphatic carbocycles. The van der Waals surface area contributed by atoms with Crippen molar-refractivity contribution in [2.24, 2.45) is 0 Å². The lowest BCUT2D eigenvalue weighted by molar-refractivity contribution is -0.137. The van der Waals surface area contributed by atoms with Crippen LogP contribution in [0.1, 0.15) is 19.5 Å². The average molecular weight is 236 g/mol. The van der Waals surface area contributed by atoms with Crippen LogP contribution >= 0.6 is 0 Å². The minimum atomic E-state index is -0.423. The van der Waals surface area contributed by atoms with Crippen LogP contribution in [-0.2, 0) is 15.9 Å². The summed E-state index contributed by atoms with van der Waals surface area (Å²) in [6.45, 7) is 6.30. The number of hydrogen-bond acceptors (Lipinski definition) is 4. The van der Waals surface area contributed by atoms with Crippen molar-refractivity contribution in [2.75, 3.05) is 19.7 Å². The topological polar surface area (TPSA) is 43.4 Å². The highest BCUT2D eigenvalue weighted by atomic mass is 16.7. The molecule has 1 fully saturated rings. The van der Waals surface area contributed by atoms with Gasteiger partial charge in [0.05, 0.1) is 12.7 Å². The number of aromatic nitrogens is 1. The van der Waals surface area contributed by atoms with Crippen molar-refractivity contribution in [1.29, 1.82) is 0 Å². The van der Waals surface area contributed by atoms with Gasteiger partial charge in [-0.15, -0.1) is 0 Å². The summed E-state index contributed by atoms with van der Waals surface area (Å²) in [5.74, 6) is -0.423.